The summed E-state index contributed by atoms with van der Waals surface area (Å²) in [5, 5.41) is 2.89. The Bertz CT molecular complexity index is 420. The van der Waals surface area contributed by atoms with Crippen LogP contribution in [0.3, 0.4) is 0 Å². The minimum atomic E-state index is -4.33. The Labute approximate surface area is 100 Å². The first-order chi connectivity index (χ1) is 7.34. The van der Waals surface area contributed by atoms with Gasteiger partial charge in [-0.3, -0.25) is 0 Å². The van der Waals surface area contributed by atoms with Gasteiger partial charge in [-0.05, 0) is 41.1 Å². The van der Waals surface area contributed by atoms with E-state index in [-0.39, 0.29) is 6.04 Å². The van der Waals surface area contributed by atoms with E-state index in [1.807, 2.05) is 0 Å². The van der Waals surface area contributed by atoms with E-state index in [9.17, 15) is 13.2 Å². The van der Waals surface area contributed by atoms with Gasteiger partial charge in [0.25, 0.3) is 0 Å². The maximum absolute atomic E-state index is 12.4. The molecular weight excluding hydrogens is 283 g/mol. The summed E-state index contributed by atoms with van der Waals surface area (Å²) in [5.74, 6) is 2.43. The Kier molecular flexibility index (Phi) is 3.87. The van der Waals surface area contributed by atoms with E-state index in [4.69, 9.17) is 6.42 Å². The first kappa shape index (κ1) is 12.9. The minimum absolute atomic E-state index is 0.243. The molecule has 1 unspecified atom stereocenters. The average molecular weight is 292 g/mol. The molecule has 1 atom stereocenters. The Morgan fingerprint density at radius 3 is 2.50 bits per heavy atom. The molecule has 0 saturated heterocycles. The van der Waals surface area contributed by atoms with E-state index in [1.165, 1.54) is 6.07 Å². The third kappa shape index (κ3) is 3.17. The molecule has 0 amide bonds. The molecule has 1 rings (SSSR count). The molecule has 0 saturated carbocycles. The number of halogens is 4. The molecule has 1 N–H and O–H groups in total. The first-order valence-corrected chi connectivity index (χ1v) is 5.23. The number of nitrogens with one attached hydrogen (secondary N) is 1. The van der Waals surface area contributed by atoms with Crippen LogP contribution in [-0.2, 0) is 6.18 Å². The Morgan fingerprint density at radius 1 is 1.44 bits per heavy atom. The second-order valence-corrected chi connectivity index (χ2v) is 4.08. The molecule has 5 heteroatoms. The van der Waals surface area contributed by atoms with Gasteiger partial charge in [-0.15, -0.1) is 6.42 Å². The van der Waals surface area contributed by atoms with Crippen LogP contribution in [0.25, 0.3) is 0 Å². The summed E-state index contributed by atoms with van der Waals surface area (Å²) in [6, 6.07) is 3.14. The van der Waals surface area contributed by atoms with Crippen molar-refractivity contribution in [3.8, 4) is 12.3 Å². The zero-order valence-electron chi connectivity index (χ0n) is 8.40. The van der Waals surface area contributed by atoms with Crippen molar-refractivity contribution in [3.05, 3.63) is 28.2 Å². The van der Waals surface area contributed by atoms with Crippen LogP contribution in [0, 0.1) is 12.3 Å². The lowest BCUT2D eigenvalue weighted by Crippen LogP contribution is -2.13. The van der Waals surface area contributed by atoms with Gasteiger partial charge >= 0.3 is 6.18 Å². The fourth-order valence-electron chi connectivity index (χ4n) is 1.08. The van der Waals surface area contributed by atoms with Crippen LogP contribution in [0.1, 0.15) is 12.5 Å². The normalized spacial score (nSPS) is 13.0. The molecule has 0 aromatic heterocycles. The lowest BCUT2D eigenvalue weighted by molar-refractivity contribution is -0.137. The summed E-state index contributed by atoms with van der Waals surface area (Å²) >= 11 is 3.07. The molecule has 0 aliphatic heterocycles. The minimum Gasteiger partial charge on any atom is -0.371 e. The van der Waals surface area contributed by atoms with E-state index in [2.05, 4.69) is 27.2 Å². The van der Waals surface area contributed by atoms with Crippen molar-refractivity contribution in [1.29, 1.82) is 0 Å². The second kappa shape index (κ2) is 4.79. The molecule has 0 fully saturated rings. The van der Waals surface area contributed by atoms with Gasteiger partial charge in [-0.25, -0.2) is 0 Å². The summed E-state index contributed by atoms with van der Waals surface area (Å²) in [7, 11) is 0. The molecule has 0 bridgehead atoms. The second-order valence-electron chi connectivity index (χ2n) is 3.23. The van der Waals surface area contributed by atoms with Crippen molar-refractivity contribution in [2.24, 2.45) is 0 Å². The van der Waals surface area contributed by atoms with Crippen LogP contribution >= 0.6 is 15.9 Å². The van der Waals surface area contributed by atoms with E-state index in [0.717, 1.165) is 12.1 Å². The van der Waals surface area contributed by atoms with Crippen LogP contribution in [0.4, 0.5) is 18.9 Å². The fourth-order valence-corrected chi connectivity index (χ4v) is 1.58. The Balaban J connectivity index is 2.97. The van der Waals surface area contributed by atoms with Crippen molar-refractivity contribution in [2.75, 3.05) is 5.32 Å². The van der Waals surface area contributed by atoms with Gasteiger partial charge in [0.2, 0.25) is 0 Å². The number of hydrogen-bond donors (Lipinski definition) is 1. The van der Waals surface area contributed by atoms with Crippen molar-refractivity contribution in [3.63, 3.8) is 0 Å². The summed E-state index contributed by atoms with van der Waals surface area (Å²) in [5.41, 5.74) is -0.156. The Hall–Kier alpha value is -1.15. The largest absolute Gasteiger partial charge is 0.416 e. The maximum atomic E-state index is 12.4. The number of benzene rings is 1. The van der Waals surface area contributed by atoms with Gasteiger partial charge in [0.15, 0.2) is 0 Å². The molecule has 0 aliphatic carbocycles. The average Bonchev–Trinajstić information content (AvgIpc) is 2.19. The van der Waals surface area contributed by atoms with Crippen molar-refractivity contribution < 1.29 is 13.2 Å². The summed E-state index contributed by atoms with van der Waals surface area (Å²) in [6.07, 6.45) is 0.827. The van der Waals surface area contributed by atoms with Crippen molar-refractivity contribution in [2.45, 2.75) is 19.1 Å². The van der Waals surface area contributed by atoms with Crippen molar-refractivity contribution in [1.82, 2.24) is 0 Å². The molecule has 0 radical (unpaired) electrons. The number of terminal acetylenes is 1. The van der Waals surface area contributed by atoms with E-state index < -0.39 is 11.7 Å². The van der Waals surface area contributed by atoms with Gasteiger partial charge in [0.1, 0.15) is 0 Å². The van der Waals surface area contributed by atoms with Gasteiger partial charge in [0, 0.05) is 10.2 Å². The third-order valence-corrected chi connectivity index (χ3v) is 2.57. The number of anilines is 1. The first-order valence-electron chi connectivity index (χ1n) is 4.44. The molecule has 1 aromatic carbocycles. The highest BCUT2D eigenvalue weighted by atomic mass is 79.9. The molecule has 0 aliphatic rings. The smallest absolute Gasteiger partial charge is 0.371 e. The molecule has 1 nitrogen and oxygen atoms in total. The van der Waals surface area contributed by atoms with Crippen molar-refractivity contribution >= 4 is 21.6 Å². The predicted octanol–water partition coefficient (Wildman–Crippen LogP) is 3.90. The van der Waals surface area contributed by atoms with Crippen LogP contribution in [0.5, 0.6) is 0 Å². The van der Waals surface area contributed by atoms with Crippen LogP contribution in [0.15, 0.2) is 22.7 Å². The number of hydrogen-bond acceptors (Lipinski definition) is 1. The van der Waals surface area contributed by atoms with Crippen LogP contribution < -0.4 is 5.32 Å². The van der Waals surface area contributed by atoms with E-state index in [0.29, 0.717) is 10.2 Å². The van der Waals surface area contributed by atoms with Crippen LogP contribution in [0.2, 0.25) is 0 Å². The van der Waals surface area contributed by atoms with Gasteiger partial charge in [-0.2, -0.15) is 13.2 Å². The number of rotatable bonds is 2. The lowest BCUT2D eigenvalue weighted by atomic mass is 10.2. The van der Waals surface area contributed by atoms with E-state index >= 15 is 0 Å². The van der Waals surface area contributed by atoms with Gasteiger partial charge in [0.05, 0.1) is 11.6 Å². The monoisotopic (exact) mass is 291 g/mol. The molecule has 0 heterocycles. The third-order valence-electron chi connectivity index (χ3n) is 1.92. The molecular formula is C11H9BrF3N. The lowest BCUT2D eigenvalue weighted by Gasteiger charge is -2.13. The fraction of sp³-hybridized carbons (Fsp3) is 0.273. The van der Waals surface area contributed by atoms with Crippen LogP contribution in [-0.4, -0.2) is 6.04 Å². The molecule has 0 spiro atoms. The molecule has 86 valence electrons. The predicted molar refractivity (Wildman–Crippen MR) is 61.1 cm³/mol. The van der Waals surface area contributed by atoms with Gasteiger partial charge < -0.3 is 5.32 Å². The zero-order chi connectivity index (χ0) is 12.3. The van der Waals surface area contributed by atoms with Gasteiger partial charge in [-0.1, -0.05) is 5.92 Å². The van der Waals surface area contributed by atoms with E-state index in [1.54, 1.807) is 6.92 Å². The topological polar surface area (TPSA) is 12.0 Å². The highest BCUT2D eigenvalue weighted by molar-refractivity contribution is 9.10. The number of alkyl halides is 3. The Morgan fingerprint density at radius 2 is 2.06 bits per heavy atom. The SMILES string of the molecule is C#CC(C)Nc1ccc(C(F)(F)F)cc1Br. The maximum Gasteiger partial charge on any atom is 0.416 e. The standard InChI is InChI=1S/C11H9BrF3N/c1-3-7(2)16-10-5-4-8(6-9(10)12)11(13,14)15/h1,4-7,16H,2H3. The molecule has 1 aromatic rings. The zero-order valence-corrected chi connectivity index (χ0v) is 9.98. The highest BCUT2D eigenvalue weighted by Crippen LogP contribution is 2.33. The molecule has 16 heavy (non-hydrogen) atoms. The summed E-state index contributed by atoms with van der Waals surface area (Å²) < 4.78 is 37.4. The quantitative estimate of drug-likeness (QED) is 0.815. The summed E-state index contributed by atoms with van der Waals surface area (Å²) in [6.45, 7) is 1.74. The summed E-state index contributed by atoms with van der Waals surface area (Å²) in [4.78, 5) is 0. The highest BCUT2D eigenvalue weighted by Gasteiger charge is 2.30.